The van der Waals surface area contributed by atoms with Gasteiger partial charge in [-0.2, -0.15) is 0 Å². The smallest absolute Gasteiger partial charge is 0.303 e. The van der Waals surface area contributed by atoms with Crippen molar-refractivity contribution in [3.63, 3.8) is 0 Å². The minimum atomic E-state index is -0.681. The number of hydrogen-bond donors (Lipinski definition) is 1. The van der Waals surface area contributed by atoms with E-state index < -0.39 is 5.97 Å². The number of carbonyl (C=O) groups is 1. The van der Waals surface area contributed by atoms with Crippen molar-refractivity contribution in [1.29, 1.82) is 0 Å². The Hall–Kier alpha value is -0.570. The van der Waals surface area contributed by atoms with E-state index in [0.29, 0.717) is 11.8 Å². The molecule has 0 amide bonds. The van der Waals surface area contributed by atoms with Crippen LogP contribution in [0.2, 0.25) is 0 Å². The summed E-state index contributed by atoms with van der Waals surface area (Å²) in [5.74, 6) is 1.01. The van der Waals surface area contributed by atoms with E-state index in [-0.39, 0.29) is 0 Å². The molecule has 1 fully saturated rings. The van der Waals surface area contributed by atoms with Gasteiger partial charge < -0.3 is 10.0 Å². The Morgan fingerprint density at radius 2 is 1.79 bits per heavy atom. The lowest BCUT2D eigenvalue weighted by atomic mass is 9.70. The van der Waals surface area contributed by atoms with E-state index >= 15 is 0 Å². The lowest BCUT2D eigenvalue weighted by Gasteiger charge is -2.38. The van der Waals surface area contributed by atoms with Crippen molar-refractivity contribution in [3.05, 3.63) is 0 Å². The van der Waals surface area contributed by atoms with Crippen molar-refractivity contribution in [2.75, 3.05) is 20.1 Å². The van der Waals surface area contributed by atoms with Gasteiger partial charge in [-0.25, -0.2) is 0 Å². The second kappa shape index (κ2) is 7.28. The van der Waals surface area contributed by atoms with Gasteiger partial charge in [-0.1, -0.05) is 20.8 Å². The minimum Gasteiger partial charge on any atom is -0.481 e. The number of hydrogen-bond acceptors (Lipinski definition) is 2. The molecule has 1 rings (SSSR count). The van der Waals surface area contributed by atoms with E-state index in [9.17, 15) is 4.79 Å². The topological polar surface area (TPSA) is 40.5 Å². The van der Waals surface area contributed by atoms with Crippen LogP contribution in [0.4, 0.5) is 0 Å². The van der Waals surface area contributed by atoms with Gasteiger partial charge in [0.15, 0.2) is 0 Å². The van der Waals surface area contributed by atoms with Crippen molar-refractivity contribution in [1.82, 2.24) is 4.90 Å². The molecule has 0 saturated heterocycles. The third-order valence-electron chi connectivity index (χ3n) is 4.57. The van der Waals surface area contributed by atoms with Crippen LogP contribution in [0.1, 0.15) is 59.3 Å². The molecule has 0 spiro atoms. The Morgan fingerprint density at radius 1 is 1.21 bits per heavy atom. The highest BCUT2D eigenvalue weighted by Crippen LogP contribution is 2.39. The average molecular weight is 269 g/mol. The summed E-state index contributed by atoms with van der Waals surface area (Å²) in [7, 11) is 2.12. The van der Waals surface area contributed by atoms with Crippen LogP contribution in [-0.4, -0.2) is 36.1 Å². The summed E-state index contributed by atoms with van der Waals surface area (Å²) < 4.78 is 0. The van der Waals surface area contributed by atoms with Crippen LogP contribution in [0.5, 0.6) is 0 Å². The van der Waals surface area contributed by atoms with E-state index in [4.69, 9.17) is 5.11 Å². The maximum Gasteiger partial charge on any atom is 0.303 e. The lowest BCUT2D eigenvalue weighted by molar-refractivity contribution is -0.137. The molecule has 1 N–H and O–H groups in total. The highest BCUT2D eigenvalue weighted by Gasteiger charge is 2.29. The van der Waals surface area contributed by atoms with Crippen molar-refractivity contribution in [2.45, 2.75) is 59.3 Å². The van der Waals surface area contributed by atoms with Crippen LogP contribution in [0, 0.1) is 17.3 Å². The predicted octanol–water partition coefficient (Wildman–Crippen LogP) is 3.64. The van der Waals surface area contributed by atoms with Crippen LogP contribution in [0.25, 0.3) is 0 Å². The van der Waals surface area contributed by atoms with Gasteiger partial charge in [-0.15, -0.1) is 0 Å². The highest BCUT2D eigenvalue weighted by molar-refractivity contribution is 5.66. The Bertz CT molecular complexity index is 275. The summed E-state index contributed by atoms with van der Waals surface area (Å²) >= 11 is 0. The monoisotopic (exact) mass is 269 g/mol. The molecule has 0 aliphatic heterocycles. The first-order chi connectivity index (χ1) is 8.79. The highest BCUT2D eigenvalue weighted by atomic mass is 16.4. The fourth-order valence-corrected chi connectivity index (χ4v) is 3.24. The molecule has 1 aliphatic rings. The zero-order chi connectivity index (χ0) is 14.5. The molecule has 1 saturated carbocycles. The molecule has 0 radical (unpaired) electrons. The van der Waals surface area contributed by atoms with Gasteiger partial charge in [0, 0.05) is 13.0 Å². The van der Waals surface area contributed by atoms with Crippen LogP contribution >= 0.6 is 0 Å². The molecule has 0 unspecified atom stereocenters. The zero-order valence-corrected chi connectivity index (χ0v) is 13.1. The summed E-state index contributed by atoms with van der Waals surface area (Å²) in [5.41, 5.74) is 0.457. The molecular weight excluding hydrogens is 238 g/mol. The molecule has 112 valence electrons. The van der Waals surface area contributed by atoms with E-state index in [0.717, 1.165) is 31.3 Å². The van der Waals surface area contributed by atoms with Gasteiger partial charge in [0.1, 0.15) is 0 Å². The average Bonchev–Trinajstić information content (AvgIpc) is 2.27. The number of carboxylic acids is 1. The Labute approximate surface area is 118 Å². The fraction of sp³-hybridized carbons (Fsp3) is 0.938. The van der Waals surface area contributed by atoms with E-state index in [1.807, 2.05) is 0 Å². The summed E-state index contributed by atoms with van der Waals surface area (Å²) in [6, 6.07) is 0. The van der Waals surface area contributed by atoms with Crippen LogP contribution < -0.4 is 0 Å². The normalized spacial score (nSPS) is 24.7. The fourth-order valence-electron chi connectivity index (χ4n) is 3.24. The molecule has 0 aromatic rings. The summed E-state index contributed by atoms with van der Waals surface area (Å²) in [5, 5.41) is 8.63. The third kappa shape index (κ3) is 6.42. The minimum absolute atomic E-state index is 0.293. The molecule has 0 bridgehead atoms. The Balaban J connectivity index is 2.20. The maximum atomic E-state index is 10.5. The number of carboxylic acid groups (broad SMARTS) is 1. The first-order valence-corrected chi connectivity index (χ1v) is 7.69. The summed E-state index contributed by atoms with van der Waals surface area (Å²) in [4.78, 5) is 12.8. The van der Waals surface area contributed by atoms with Crippen molar-refractivity contribution in [2.24, 2.45) is 17.3 Å². The second-order valence-corrected chi connectivity index (χ2v) is 7.34. The van der Waals surface area contributed by atoms with E-state index in [1.165, 1.54) is 25.7 Å². The van der Waals surface area contributed by atoms with Crippen LogP contribution in [-0.2, 0) is 4.79 Å². The molecule has 0 atom stereocenters. The Morgan fingerprint density at radius 3 is 2.26 bits per heavy atom. The number of aliphatic carboxylic acids is 1. The van der Waals surface area contributed by atoms with Gasteiger partial charge in [0.25, 0.3) is 0 Å². The third-order valence-corrected chi connectivity index (χ3v) is 4.57. The molecular formula is C16H31NO2. The van der Waals surface area contributed by atoms with Gasteiger partial charge in [0.2, 0.25) is 0 Å². The Kier molecular flexibility index (Phi) is 6.31. The van der Waals surface area contributed by atoms with Gasteiger partial charge in [-0.3, -0.25) is 4.79 Å². The lowest BCUT2D eigenvalue weighted by Crippen LogP contribution is -2.32. The van der Waals surface area contributed by atoms with Crippen molar-refractivity contribution in [3.8, 4) is 0 Å². The molecule has 3 nitrogen and oxygen atoms in total. The SMILES string of the molecule is CN(CCCC(=O)O)CC1CCC(C(C)(C)C)CC1. The molecule has 19 heavy (non-hydrogen) atoms. The van der Waals surface area contributed by atoms with Gasteiger partial charge in [0.05, 0.1) is 0 Å². The van der Waals surface area contributed by atoms with E-state index in [1.54, 1.807) is 0 Å². The first-order valence-electron chi connectivity index (χ1n) is 7.69. The van der Waals surface area contributed by atoms with Crippen molar-refractivity contribution >= 4 is 5.97 Å². The first kappa shape index (κ1) is 16.5. The molecule has 0 heterocycles. The van der Waals surface area contributed by atoms with Crippen LogP contribution in [0.3, 0.4) is 0 Å². The van der Waals surface area contributed by atoms with E-state index in [2.05, 4.69) is 32.7 Å². The second-order valence-electron chi connectivity index (χ2n) is 7.34. The van der Waals surface area contributed by atoms with Gasteiger partial charge >= 0.3 is 5.97 Å². The zero-order valence-electron chi connectivity index (χ0n) is 13.1. The standard InChI is InChI=1S/C16H31NO2/c1-16(2,3)14-9-7-13(8-10-14)12-17(4)11-5-6-15(18)19/h13-14H,5-12H2,1-4H3,(H,18,19). The van der Waals surface area contributed by atoms with Crippen molar-refractivity contribution < 1.29 is 9.90 Å². The van der Waals surface area contributed by atoms with Gasteiger partial charge in [-0.05, 0) is 62.9 Å². The maximum absolute atomic E-state index is 10.5. The number of nitrogens with zero attached hydrogens (tertiary/aromatic N) is 1. The summed E-state index contributed by atoms with van der Waals surface area (Å²) in [6.45, 7) is 9.12. The quantitative estimate of drug-likeness (QED) is 0.800. The molecule has 0 aromatic heterocycles. The molecule has 0 aromatic carbocycles. The predicted molar refractivity (Wildman–Crippen MR) is 79.3 cm³/mol. The molecule has 1 aliphatic carbocycles. The largest absolute Gasteiger partial charge is 0.481 e. The van der Waals surface area contributed by atoms with Crippen LogP contribution in [0.15, 0.2) is 0 Å². The number of rotatable bonds is 6. The summed E-state index contributed by atoms with van der Waals surface area (Å²) in [6.07, 6.45) is 6.45. The molecule has 3 heteroatoms.